The summed E-state index contributed by atoms with van der Waals surface area (Å²) in [5.41, 5.74) is 6.82. The Balaban J connectivity index is 2.12. The van der Waals surface area contributed by atoms with E-state index in [0.717, 1.165) is 25.3 Å². The maximum atomic E-state index is 12.3. The van der Waals surface area contributed by atoms with Crippen molar-refractivity contribution in [2.24, 2.45) is 0 Å². The molecule has 2 rings (SSSR count). The first-order chi connectivity index (χ1) is 8.61. The van der Waals surface area contributed by atoms with Crippen molar-refractivity contribution in [1.82, 2.24) is 4.90 Å². The lowest BCUT2D eigenvalue weighted by Gasteiger charge is -2.32. The average molecular weight is 285 g/mol. The summed E-state index contributed by atoms with van der Waals surface area (Å²) in [6.07, 6.45) is 1.09. The molecule has 2 N–H and O–H groups in total. The molecular formula is C13H17ClN2OS. The molecule has 1 aromatic carbocycles. The topological polar surface area (TPSA) is 46.3 Å². The van der Waals surface area contributed by atoms with Gasteiger partial charge in [-0.1, -0.05) is 18.5 Å². The van der Waals surface area contributed by atoms with Crippen molar-refractivity contribution in [2.75, 3.05) is 24.6 Å². The molecular weight excluding hydrogens is 268 g/mol. The SMILES string of the molecule is CCC1CN(C(=O)c2ccc(Cl)c(N)c2)CCS1. The Hall–Kier alpha value is -0.870. The van der Waals surface area contributed by atoms with Gasteiger partial charge in [-0.2, -0.15) is 11.8 Å². The third kappa shape index (κ3) is 2.93. The van der Waals surface area contributed by atoms with Crippen LogP contribution in [-0.2, 0) is 0 Å². The van der Waals surface area contributed by atoms with Crippen molar-refractivity contribution in [2.45, 2.75) is 18.6 Å². The molecule has 1 aliphatic heterocycles. The first-order valence-electron chi connectivity index (χ1n) is 6.07. The van der Waals surface area contributed by atoms with Crippen molar-refractivity contribution >= 4 is 35.0 Å². The number of amides is 1. The zero-order chi connectivity index (χ0) is 13.1. The summed E-state index contributed by atoms with van der Waals surface area (Å²) in [7, 11) is 0. The van der Waals surface area contributed by atoms with E-state index in [-0.39, 0.29) is 5.91 Å². The van der Waals surface area contributed by atoms with Crippen LogP contribution in [0.25, 0.3) is 0 Å². The fraction of sp³-hybridized carbons (Fsp3) is 0.462. The van der Waals surface area contributed by atoms with Crippen molar-refractivity contribution in [3.8, 4) is 0 Å². The van der Waals surface area contributed by atoms with Gasteiger partial charge in [-0.3, -0.25) is 4.79 Å². The van der Waals surface area contributed by atoms with Crippen LogP contribution in [0, 0.1) is 0 Å². The molecule has 5 heteroatoms. The highest BCUT2D eigenvalue weighted by Crippen LogP contribution is 2.24. The molecule has 1 atom stereocenters. The highest BCUT2D eigenvalue weighted by Gasteiger charge is 2.24. The lowest BCUT2D eigenvalue weighted by Crippen LogP contribution is -2.41. The van der Waals surface area contributed by atoms with E-state index < -0.39 is 0 Å². The summed E-state index contributed by atoms with van der Waals surface area (Å²) < 4.78 is 0. The van der Waals surface area contributed by atoms with Crippen molar-refractivity contribution in [3.63, 3.8) is 0 Å². The fourth-order valence-electron chi connectivity index (χ4n) is 2.01. The van der Waals surface area contributed by atoms with E-state index in [9.17, 15) is 4.79 Å². The highest BCUT2D eigenvalue weighted by molar-refractivity contribution is 8.00. The Morgan fingerprint density at radius 1 is 1.61 bits per heavy atom. The Morgan fingerprint density at radius 3 is 3.06 bits per heavy atom. The van der Waals surface area contributed by atoms with E-state index in [1.165, 1.54) is 0 Å². The number of carbonyl (C=O) groups excluding carboxylic acids is 1. The second kappa shape index (κ2) is 5.85. The molecule has 0 spiro atoms. The molecule has 1 amide bonds. The van der Waals surface area contributed by atoms with E-state index in [2.05, 4.69) is 6.92 Å². The Kier molecular flexibility index (Phi) is 4.40. The van der Waals surface area contributed by atoms with Crippen molar-refractivity contribution < 1.29 is 4.79 Å². The quantitative estimate of drug-likeness (QED) is 0.850. The van der Waals surface area contributed by atoms with Gasteiger partial charge in [0.05, 0.1) is 10.7 Å². The normalized spacial score (nSPS) is 19.9. The number of halogens is 1. The number of nitrogens with two attached hydrogens (primary N) is 1. The molecule has 0 aliphatic carbocycles. The van der Waals surface area contributed by atoms with Crippen LogP contribution < -0.4 is 5.73 Å². The smallest absolute Gasteiger partial charge is 0.253 e. The summed E-state index contributed by atoms with van der Waals surface area (Å²) in [5.74, 6) is 1.06. The molecule has 1 heterocycles. The first-order valence-corrected chi connectivity index (χ1v) is 7.50. The third-order valence-corrected chi connectivity index (χ3v) is 4.84. The van der Waals surface area contributed by atoms with Crippen LogP contribution in [0.4, 0.5) is 5.69 Å². The molecule has 0 radical (unpaired) electrons. The number of rotatable bonds is 2. The van der Waals surface area contributed by atoms with E-state index in [4.69, 9.17) is 17.3 Å². The van der Waals surface area contributed by atoms with Gasteiger partial charge >= 0.3 is 0 Å². The van der Waals surface area contributed by atoms with Crippen molar-refractivity contribution in [3.05, 3.63) is 28.8 Å². The van der Waals surface area contributed by atoms with Crippen LogP contribution in [0.1, 0.15) is 23.7 Å². The molecule has 1 aromatic rings. The van der Waals surface area contributed by atoms with Crippen LogP contribution in [0.3, 0.4) is 0 Å². The van der Waals surface area contributed by atoms with Crippen LogP contribution in [0.2, 0.25) is 5.02 Å². The van der Waals surface area contributed by atoms with Crippen molar-refractivity contribution in [1.29, 1.82) is 0 Å². The zero-order valence-corrected chi connectivity index (χ0v) is 11.9. The predicted octanol–water partition coefficient (Wildman–Crippen LogP) is 2.89. The lowest BCUT2D eigenvalue weighted by atomic mass is 10.1. The van der Waals surface area contributed by atoms with E-state index in [1.807, 2.05) is 16.7 Å². The van der Waals surface area contributed by atoms with E-state index in [0.29, 0.717) is 21.5 Å². The van der Waals surface area contributed by atoms with Gasteiger partial charge < -0.3 is 10.6 Å². The zero-order valence-electron chi connectivity index (χ0n) is 10.4. The lowest BCUT2D eigenvalue weighted by molar-refractivity contribution is 0.0761. The van der Waals surface area contributed by atoms with Gasteiger partial charge in [-0.25, -0.2) is 0 Å². The molecule has 0 saturated carbocycles. The van der Waals surface area contributed by atoms with Crippen LogP contribution in [0.5, 0.6) is 0 Å². The summed E-state index contributed by atoms with van der Waals surface area (Å²) in [5, 5.41) is 1.04. The molecule has 0 aromatic heterocycles. The van der Waals surface area contributed by atoms with Gasteiger partial charge in [-0.15, -0.1) is 0 Å². The number of nitrogens with zero attached hydrogens (tertiary/aromatic N) is 1. The van der Waals surface area contributed by atoms with Gasteiger partial charge in [0.15, 0.2) is 0 Å². The molecule has 1 fully saturated rings. The number of nitrogen functional groups attached to an aromatic ring is 1. The third-order valence-electron chi connectivity index (χ3n) is 3.12. The summed E-state index contributed by atoms with van der Waals surface area (Å²) >= 11 is 7.81. The minimum absolute atomic E-state index is 0.0529. The minimum Gasteiger partial charge on any atom is -0.398 e. The molecule has 98 valence electrons. The minimum atomic E-state index is 0.0529. The maximum absolute atomic E-state index is 12.3. The van der Waals surface area contributed by atoms with Gasteiger partial charge in [0.1, 0.15) is 0 Å². The number of thioether (sulfide) groups is 1. The van der Waals surface area contributed by atoms with Crippen LogP contribution >= 0.6 is 23.4 Å². The molecule has 0 bridgehead atoms. The number of hydrogen-bond acceptors (Lipinski definition) is 3. The van der Waals surface area contributed by atoms with Gasteiger partial charge in [-0.05, 0) is 24.6 Å². The number of benzene rings is 1. The maximum Gasteiger partial charge on any atom is 0.253 e. The average Bonchev–Trinajstić information content (AvgIpc) is 2.41. The Morgan fingerprint density at radius 2 is 2.39 bits per heavy atom. The first kappa shape index (κ1) is 13.6. The standard InChI is InChI=1S/C13H17ClN2OS/c1-2-10-8-16(5-6-18-10)13(17)9-3-4-11(14)12(15)7-9/h3-4,7,10H,2,5-6,8,15H2,1H3. The second-order valence-corrected chi connectivity index (χ2v) is 6.20. The summed E-state index contributed by atoms with van der Waals surface area (Å²) in [6.45, 7) is 3.79. The number of hydrogen-bond donors (Lipinski definition) is 1. The monoisotopic (exact) mass is 284 g/mol. The predicted molar refractivity (Wildman–Crippen MR) is 78.3 cm³/mol. The Bertz CT molecular complexity index is 453. The molecule has 3 nitrogen and oxygen atoms in total. The van der Waals surface area contributed by atoms with E-state index in [1.54, 1.807) is 18.2 Å². The number of anilines is 1. The Labute approximate surface area is 117 Å². The molecule has 1 aliphatic rings. The summed E-state index contributed by atoms with van der Waals surface area (Å²) in [6, 6.07) is 5.08. The van der Waals surface area contributed by atoms with Crippen LogP contribution in [0.15, 0.2) is 18.2 Å². The van der Waals surface area contributed by atoms with Gasteiger partial charge in [0.25, 0.3) is 5.91 Å². The highest BCUT2D eigenvalue weighted by atomic mass is 35.5. The number of carbonyl (C=O) groups is 1. The van der Waals surface area contributed by atoms with Gasteiger partial charge in [0, 0.05) is 29.7 Å². The largest absolute Gasteiger partial charge is 0.398 e. The second-order valence-electron chi connectivity index (χ2n) is 4.39. The summed E-state index contributed by atoms with van der Waals surface area (Å²) in [4.78, 5) is 14.3. The molecule has 1 saturated heterocycles. The van der Waals surface area contributed by atoms with E-state index >= 15 is 0 Å². The van der Waals surface area contributed by atoms with Gasteiger partial charge in [0.2, 0.25) is 0 Å². The fourth-order valence-corrected chi connectivity index (χ4v) is 3.31. The van der Waals surface area contributed by atoms with Crippen LogP contribution in [-0.4, -0.2) is 34.9 Å². The molecule has 18 heavy (non-hydrogen) atoms. The molecule has 1 unspecified atom stereocenters.